The van der Waals surface area contributed by atoms with E-state index in [1.807, 2.05) is 6.92 Å². The van der Waals surface area contributed by atoms with Crippen molar-refractivity contribution in [2.75, 3.05) is 6.61 Å². The summed E-state index contributed by atoms with van der Waals surface area (Å²) in [5.41, 5.74) is 1.01. The normalized spacial score (nSPS) is 12.3. The number of alkyl halides is 1. The van der Waals surface area contributed by atoms with Gasteiger partial charge in [-0.3, -0.25) is 0 Å². The van der Waals surface area contributed by atoms with Gasteiger partial charge in [0.1, 0.15) is 5.82 Å². The van der Waals surface area contributed by atoms with E-state index in [0.717, 1.165) is 5.56 Å². The average molecular weight is 275 g/mol. The Labute approximate surface area is 96.6 Å². The van der Waals surface area contributed by atoms with Crippen molar-refractivity contribution in [3.05, 3.63) is 35.1 Å². The van der Waals surface area contributed by atoms with E-state index in [1.54, 1.807) is 13.0 Å². The molecule has 0 bridgehead atoms. The Morgan fingerprint density at radius 2 is 2.27 bits per heavy atom. The van der Waals surface area contributed by atoms with Crippen LogP contribution in [0.4, 0.5) is 4.39 Å². The quantitative estimate of drug-likeness (QED) is 0.623. The second kappa shape index (κ2) is 5.26. The fraction of sp³-hybridized carbons (Fsp3) is 0.364. The minimum atomic E-state index is -0.488. The van der Waals surface area contributed by atoms with Crippen molar-refractivity contribution in [3.8, 4) is 0 Å². The molecule has 4 heteroatoms. The summed E-state index contributed by atoms with van der Waals surface area (Å²) in [4.78, 5) is 11.5. The first-order valence-electron chi connectivity index (χ1n) is 4.67. The molecule has 0 N–H and O–H groups in total. The van der Waals surface area contributed by atoms with Crippen LogP contribution in [-0.2, 0) is 4.74 Å². The summed E-state index contributed by atoms with van der Waals surface area (Å²) in [5, 5.41) is 0. The van der Waals surface area contributed by atoms with Crippen molar-refractivity contribution in [2.24, 2.45) is 0 Å². The number of ether oxygens (including phenoxy) is 1. The average Bonchev–Trinajstić information content (AvgIpc) is 2.17. The third-order valence-corrected chi connectivity index (χ3v) is 2.43. The Bertz CT molecular complexity index is 364. The maximum Gasteiger partial charge on any atom is 0.338 e. The Hall–Kier alpha value is -0.900. The van der Waals surface area contributed by atoms with E-state index in [1.165, 1.54) is 12.1 Å². The summed E-state index contributed by atoms with van der Waals surface area (Å²) in [7, 11) is 0. The summed E-state index contributed by atoms with van der Waals surface area (Å²) in [5.74, 6) is -0.923. The molecular formula is C11H12BrFO2. The van der Waals surface area contributed by atoms with Crippen molar-refractivity contribution < 1.29 is 13.9 Å². The van der Waals surface area contributed by atoms with Gasteiger partial charge in [-0.2, -0.15) is 0 Å². The molecule has 82 valence electrons. The molecule has 1 atom stereocenters. The lowest BCUT2D eigenvalue weighted by atomic mass is 10.1. The van der Waals surface area contributed by atoms with E-state index in [2.05, 4.69) is 15.9 Å². The number of rotatable bonds is 3. The highest BCUT2D eigenvalue weighted by Gasteiger charge is 2.16. The van der Waals surface area contributed by atoms with E-state index in [0.29, 0.717) is 0 Å². The SMILES string of the molecule is CCOC(=O)c1cc(F)ccc1C(C)Br. The fourth-order valence-corrected chi connectivity index (χ4v) is 1.66. The van der Waals surface area contributed by atoms with Crippen LogP contribution >= 0.6 is 15.9 Å². The fourth-order valence-electron chi connectivity index (χ4n) is 1.26. The summed E-state index contributed by atoms with van der Waals surface area (Å²) in [6.07, 6.45) is 0. The van der Waals surface area contributed by atoms with Crippen molar-refractivity contribution in [3.63, 3.8) is 0 Å². The van der Waals surface area contributed by atoms with E-state index in [9.17, 15) is 9.18 Å². The van der Waals surface area contributed by atoms with Gasteiger partial charge in [0.15, 0.2) is 0 Å². The maximum atomic E-state index is 13.0. The maximum absolute atomic E-state index is 13.0. The number of esters is 1. The third kappa shape index (κ3) is 3.02. The summed E-state index contributed by atoms with van der Waals surface area (Å²) in [6, 6.07) is 4.11. The minimum Gasteiger partial charge on any atom is -0.462 e. The van der Waals surface area contributed by atoms with Crippen LogP contribution in [0.5, 0.6) is 0 Å². The molecule has 1 rings (SSSR count). The number of carbonyl (C=O) groups is 1. The second-order valence-corrected chi connectivity index (χ2v) is 4.44. The number of carbonyl (C=O) groups excluding carboxylic acids is 1. The highest BCUT2D eigenvalue weighted by molar-refractivity contribution is 9.09. The highest BCUT2D eigenvalue weighted by atomic mass is 79.9. The predicted octanol–water partition coefficient (Wildman–Crippen LogP) is 3.46. The summed E-state index contributed by atoms with van der Waals surface area (Å²) >= 11 is 3.35. The Balaban J connectivity index is 3.12. The molecule has 0 saturated heterocycles. The van der Waals surface area contributed by atoms with Crippen LogP contribution in [-0.4, -0.2) is 12.6 Å². The van der Waals surface area contributed by atoms with Gasteiger partial charge in [-0.1, -0.05) is 22.0 Å². The number of halogens is 2. The molecule has 0 amide bonds. The molecule has 0 aliphatic carbocycles. The smallest absolute Gasteiger partial charge is 0.338 e. The highest BCUT2D eigenvalue weighted by Crippen LogP contribution is 2.26. The Morgan fingerprint density at radius 1 is 1.60 bits per heavy atom. The van der Waals surface area contributed by atoms with E-state index in [4.69, 9.17) is 4.74 Å². The van der Waals surface area contributed by atoms with E-state index < -0.39 is 11.8 Å². The zero-order valence-electron chi connectivity index (χ0n) is 8.59. The van der Waals surface area contributed by atoms with E-state index in [-0.39, 0.29) is 17.0 Å². The standard InChI is InChI=1S/C11H12BrFO2/c1-3-15-11(14)10-6-8(13)4-5-9(10)7(2)12/h4-7H,3H2,1-2H3. The van der Waals surface area contributed by atoms with Crippen LogP contribution in [0.15, 0.2) is 18.2 Å². The van der Waals surface area contributed by atoms with Crippen LogP contribution in [0.1, 0.15) is 34.6 Å². The first-order valence-corrected chi connectivity index (χ1v) is 5.58. The monoisotopic (exact) mass is 274 g/mol. The van der Waals surface area contributed by atoms with E-state index >= 15 is 0 Å². The topological polar surface area (TPSA) is 26.3 Å². The lowest BCUT2D eigenvalue weighted by Crippen LogP contribution is -2.08. The Kier molecular flexibility index (Phi) is 4.27. The molecule has 0 aliphatic heterocycles. The lowest BCUT2D eigenvalue weighted by molar-refractivity contribution is 0.0524. The lowest BCUT2D eigenvalue weighted by Gasteiger charge is -2.10. The van der Waals surface area contributed by atoms with Crippen LogP contribution in [0.2, 0.25) is 0 Å². The van der Waals surface area contributed by atoms with Crippen molar-refractivity contribution in [2.45, 2.75) is 18.7 Å². The van der Waals surface area contributed by atoms with Crippen molar-refractivity contribution in [1.82, 2.24) is 0 Å². The van der Waals surface area contributed by atoms with Gasteiger partial charge in [0.25, 0.3) is 0 Å². The predicted molar refractivity (Wildman–Crippen MR) is 59.7 cm³/mol. The van der Waals surface area contributed by atoms with Crippen molar-refractivity contribution >= 4 is 21.9 Å². The van der Waals surface area contributed by atoms with Crippen LogP contribution in [0.3, 0.4) is 0 Å². The summed E-state index contributed by atoms with van der Waals surface area (Å²) in [6.45, 7) is 3.87. The first-order chi connectivity index (χ1) is 7.06. The van der Waals surface area contributed by atoms with Gasteiger partial charge in [-0.05, 0) is 31.5 Å². The molecule has 1 aromatic carbocycles. The zero-order chi connectivity index (χ0) is 11.4. The molecule has 15 heavy (non-hydrogen) atoms. The molecular weight excluding hydrogens is 263 g/mol. The van der Waals surface area contributed by atoms with Crippen LogP contribution < -0.4 is 0 Å². The molecule has 0 saturated carbocycles. The van der Waals surface area contributed by atoms with Gasteiger partial charge in [-0.25, -0.2) is 9.18 Å². The van der Waals surface area contributed by atoms with Gasteiger partial charge in [0.2, 0.25) is 0 Å². The summed E-state index contributed by atoms with van der Waals surface area (Å²) < 4.78 is 17.8. The number of hydrogen-bond acceptors (Lipinski definition) is 2. The molecule has 0 aliphatic rings. The third-order valence-electron chi connectivity index (χ3n) is 1.94. The van der Waals surface area contributed by atoms with Gasteiger partial charge >= 0.3 is 5.97 Å². The van der Waals surface area contributed by atoms with Gasteiger partial charge in [0, 0.05) is 4.83 Å². The molecule has 0 spiro atoms. The molecule has 2 nitrogen and oxygen atoms in total. The van der Waals surface area contributed by atoms with Gasteiger partial charge < -0.3 is 4.74 Å². The Morgan fingerprint density at radius 3 is 2.80 bits per heavy atom. The largest absolute Gasteiger partial charge is 0.462 e. The zero-order valence-corrected chi connectivity index (χ0v) is 10.2. The molecule has 0 aromatic heterocycles. The number of hydrogen-bond donors (Lipinski definition) is 0. The molecule has 1 unspecified atom stereocenters. The van der Waals surface area contributed by atoms with Crippen LogP contribution in [0.25, 0.3) is 0 Å². The molecule has 0 fully saturated rings. The molecule has 0 heterocycles. The van der Waals surface area contributed by atoms with Gasteiger partial charge in [0.05, 0.1) is 12.2 Å². The van der Waals surface area contributed by atoms with Crippen molar-refractivity contribution in [1.29, 1.82) is 0 Å². The number of benzene rings is 1. The second-order valence-electron chi connectivity index (χ2n) is 3.07. The first kappa shape index (κ1) is 12.2. The molecule has 1 aromatic rings. The van der Waals surface area contributed by atoms with Crippen LogP contribution in [0, 0.1) is 5.82 Å². The molecule has 0 radical (unpaired) electrons. The minimum absolute atomic E-state index is 0.0162. The van der Waals surface area contributed by atoms with Gasteiger partial charge in [-0.15, -0.1) is 0 Å².